The Bertz CT molecular complexity index is 854. The number of carbonyl (C=O) groups is 2. The largest absolute Gasteiger partial charge is 0.482 e. The van der Waals surface area contributed by atoms with Gasteiger partial charge in [-0.15, -0.1) is 0 Å². The van der Waals surface area contributed by atoms with Gasteiger partial charge >= 0.3 is 0 Å². The van der Waals surface area contributed by atoms with Gasteiger partial charge in [0.25, 0.3) is 5.91 Å². The molecule has 4 rings (SSSR count). The van der Waals surface area contributed by atoms with Crippen LogP contribution in [-0.2, 0) is 16.0 Å². The summed E-state index contributed by atoms with van der Waals surface area (Å²) in [7, 11) is 0. The first-order valence-electron chi connectivity index (χ1n) is 8.81. The number of fused-ring (bicyclic) bond motifs is 1. The van der Waals surface area contributed by atoms with Gasteiger partial charge in [0.05, 0.1) is 23.8 Å². The second-order valence-electron chi connectivity index (χ2n) is 6.83. The molecule has 1 N–H and O–H groups in total. The van der Waals surface area contributed by atoms with E-state index < -0.39 is 0 Å². The minimum Gasteiger partial charge on any atom is -0.482 e. The molecule has 0 saturated carbocycles. The van der Waals surface area contributed by atoms with E-state index in [1.54, 1.807) is 6.07 Å². The number of likely N-dealkylation sites (tertiary alicyclic amines) is 1. The second kappa shape index (κ2) is 6.48. The third-order valence-electron chi connectivity index (χ3n) is 5.03. The van der Waals surface area contributed by atoms with Gasteiger partial charge in [-0.2, -0.15) is 0 Å². The number of hydrogen-bond acceptors (Lipinski definition) is 5. The summed E-state index contributed by atoms with van der Waals surface area (Å²) in [6.45, 7) is 4.57. The van der Waals surface area contributed by atoms with Crippen LogP contribution in [0.1, 0.15) is 41.5 Å². The molecule has 1 fully saturated rings. The summed E-state index contributed by atoms with van der Waals surface area (Å²) in [5.41, 5.74) is 3.35. The van der Waals surface area contributed by atoms with Gasteiger partial charge in [0, 0.05) is 12.1 Å². The van der Waals surface area contributed by atoms with E-state index in [-0.39, 0.29) is 30.9 Å². The fourth-order valence-electron chi connectivity index (χ4n) is 3.85. The smallest absolute Gasteiger partial charge is 0.262 e. The molecule has 2 aromatic rings. The van der Waals surface area contributed by atoms with Crippen molar-refractivity contribution in [3.05, 3.63) is 40.8 Å². The molecular weight excluding hydrogens is 334 g/mol. The highest BCUT2D eigenvalue weighted by Crippen LogP contribution is 2.36. The van der Waals surface area contributed by atoms with E-state index in [9.17, 15) is 9.59 Å². The van der Waals surface area contributed by atoms with Gasteiger partial charge in [-0.1, -0.05) is 11.2 Å². The topological polar surface area (TPSA) is 84.7 Å². The Morgan fingerprint density at radius 2 is 2.23 bits per heavy atom. The molecule has 2 aliphatic heterocycles. The van der Waals surface area contributed by atoms with Crippen molar-refractivity contribution in [1.82, 2.24) is 10.1 Å². The van der Waals surface area contributed by atoms with Gasteiger partial charge < -0.3 is 19.5 Å². The van der Waals surface area contributed by atoms with E-state index in [1.807, 2.05) is 30.9 Å². The zero-order chi connectivity index (χ0) is 18.3. The first-order chi connectivity index (χ1) is 12.5. The molecule has 1 aromatic carbocycles. The number of aromatic nitrogens is 1. The molecule has 0 spiro atoms. The number of nitrogens with zero attached hydrogens (tertiary/aromatic N) is 2. The summed E-state index contributed by atoms with van der Waals surface area (Å²) in [4.78, 5) is 26.3. The number of rotatable bonds is 3. The molecule has 1 saturated heterocycles. The number of benzene rings is 1. The average Bonchev–Trinajstić information content (AvgIpc) is 3.21. The Morgan fingerprint density at radius 1 is 1.38 bits per heavy atom. The van der Waals surface area contributed by atoms with Crippen molar-refractivity contribution in [1.29, 1.82) is 0 Å². The summed E-state index contributed by atoms with van der Waals surface area (Å²) in [5.74, 6) is 1.30. The van der Waals surface area contributed by atoms with Gasteiger partial charge in [-0.3, -0.25) is 9.59 Å². The lowest BCUT2D eigenvalue weighted by atomic mass is 10.0. The highest BCUT2D eigenvalue weighted by molar-refractivity contribution is 5.95. The molecule has 3 heterocycles. The SMILES string of the molecule is Cc1noc(C)c1[C@@H]1CCCN1C(=O)Cc1ccc2c(c1)NC(=O)CO2. The van der Waals surface area contributed by atoms with Crippen LogP contribution in [0.15, 0.2) is 22.7 Å². The summed E-state index contributed by atoms with van der Waals surface area (Å²) >= 11 is 0. The molecule has 1 atom stereocenters. The van der Waals surface area contributed by atoms with Gasteiger partial charge in [0.15, 0.2) is 6.61 Å². The van der Waals surface area contributed by atoms with E-state index in [2.05, 4.69) is 10.5 Å². The maximum atomic E-state index is 12.9. The van der Waals surface area contributed by atoms with Crippen LogP contribution < -0.4 is 10.1 Å². The number of amides is 2. The lowest BCUT2D eigenvalue weighted by Gasteiger charge is -2.25. The molecule has 7 nitrogen and oxygen atoms in total. The third kappa shape index (κ3) is 2.94. The number of anilines is 1. The number of hydrogen-bond donors (Lipinski definition) is 1. The van der Waals surface area contributed by atoms with Crippen LogP contribution in [0.2, 0.25) is 0 Å². The molecule has 2 aliphatic rings. The van der Waals surface area contributed by atoms with Crippen molar-refractivity contribution in [2.75, 3.05) is 18.5 Å². The van der Waals surface area contributed by atoms with Crippen molar-refractivity contribution in [3.63, 3.8) is 0 Å². The van der Waals surface area contributed by atoms with E-state index in [1.165, 1.54) is 0 Å². The van der Waals surface area contributed by atoms with Gasteiger partial charge in [-0.05, 0) is 44.4 Å². The molecule has 7 heteroatoms. The highest BCUT2D eigenvalue weighted by Gasteiger charge is 2.33. The highest BCUT2D eigenvalue weighted by atomic mass is 16.5. The Labute approximate surface area is 151 Å². The normalized spacial score (nSPS) is 19.1. The number of nitrogens with one attached hydrogen (secondary N) is 1. The number of carbonyl (C=O) groups excluding carboxylic acids is 2. The van der Waals surface area contributed by atoms with Crippen LogP contribution in [-0.4, -0.2) is 35.0 Å². The molecule has 0 aliphatic carbocycles. The monoisotopic (exact) mass is 355 g/mol. The van der Waals surface area contributed by atoms with Crippen LogP contribution in [0, 0.1) is 13.8 Å². The van der Waals surface area contributed by atoms with E-state index >= 15 is 0 Å². The van der Waals surface area contributed by atoms with Crippen molar-refractivity contribution in [2.45, 2.75) is 39.2 Å². The Morgan fingerprint density at radius 3 is 3.00 bits per heavy atom. The minimum absolute atomic E-state index is 0.0226. The van der Waals surface area contributed by atoms with Gasteiger partial charge in [0.2, 0.25) is 5.91 Å². The number of ether oxygens (including phenoxy) is 1. The predicted octanol–water partition coefficient (Wildman–Crippen LogP) is 2.53. The number of aryl methyl sites for hydroxylation is 2. The summed E-state index contributed by atoms with van der Waals surface area (Å²) < 4.78 is 10.6. The maximum Gasteiger partial charge on any atom is 0.262 e. The fourth-order valence-corrected chi connectivity index (χ4v) is 3.85. The van der Waals surface area contributed by atoms with Crippen molar-refractivity contribution in [2.24, 2.45) is 0 Å². The van der Waals surface area contributed by atoms with Crippen molar-refractivity contribution >= 4 is 17.5 Å². The first-order valence-corrected chi connectivity index (χ1v) is 8.81. The van der Waals surface area contributed by atoms with Crippen LogP contribution in [0.5, 0.6) is 5.75 Å². The summed E-state index contributed by atoms with van der Waals surface area (Å²) in [6.07, 6.45) is 2.17. The first kappa shape index (κ1) is 16.6. The van der Waals surface area contributed by atoms with Crippen LogP contribution >= 0.6 is 0 Å². The molecular formula is C19H21N3O4. The Balaban J connectivity index is 1.53. The van der Waals surface area contributed by atoms with Crippen molar-refractivity contribution in [3.8, 4) is 5.75 Å². The fraction of sp³-hybridized carbons (Fsp3) is 0.421. The Kier molecular flexibility index (Phi) is 4.14. The molecule has 0 bridgehead atoms. The summed E-state index contributed by atoms with van der Waals surface area (Å²) in [6, 6.07) is 5.50. The molecule has 0 unspecified atom stereocenters. The van der Waals surface area contributed by atoms with E-state index in [0.717, 1.165) is 42.0 Å². The third-order valence-corrected chi connectivity index (χ3v) is 5.03. The molecule has 136 valence electrons. The van der Waals surface area contributed by atoms with E-state index in [0.29, 0.717) is 11.4 Å². The quantitative estimate of drug-likeness (QED) is 0.914. The molecule has 1 aromatic heterocycles. The van der Waals surface area contributed by atoms with Crippen molar-refractivity contribution < 1.29 is 18.8 Å². The lowest BCUT2D eigenvalue weighted by Crippen LogP contribution is -2.32. The van der Waals surface area contributed by atoms with Crippen LogP contribution in [0.4, 0.5) is 5.69 Å². The maximum absolute atomic E-state index is 12.9. The summed E-state index contributed by atoms with van der Waals surface area (Å²) in [5, 5.41) is 6.81. The zero-order valence-electron chi connectivity index (χ0n) is 14.9. The van der Waals surface area contributed by atoms with Gasteiger partial charge in [0.1, 0.15) is 11.5 Å². The zero-order valence-corrected chi connectivity index (χ0v) is 14.9. The average molecular weight is 355 g/mol. The molecule has 2 amide bonds. The lowest BCUT2D eigenvalue weighted by molar-refractivity contribution is -0.131. The Hall–Kier alpha value is -2.83. The second-order valence-corrected chi connectivity index (χ2v) is 6.83. The minimum atomic E-state index is -0.181. The predicted molar refractivity (Wildman–Crippen MR) is 93.9 cm³/mol. The van der Waals surface area contributed by atoms with Gasteiger partial charge in [-0.25, -0.2) is 0 Å². The van der Waals surface area contributed by atoms with Crippen LogP contribution in [0.25, 0.3) is 0 Å². The molecule has 26 heavy (non-hydrogen) atoms. The standard InChI is InChI=1S/C19H21N3O4/c1-11-19(12(2)26-21-11)15-4-3-7-22(15)18(24)9-13-5-6-16-14(8-13)20-17(23)10-25-16/h5-6,8,15H,3-4,7,9-10H2,1-2H3,(H,20,23)/t15-/m0/s1. The van der Waals surface area contributed by atoms with Crippen LogP contribution in [0.3, 0.4) is 0 Å². The molecule has 0 radical (unpaired) electrons. The van der Waals surface area contributed by atoms with E-state index in [4.69, 9.17) is 9.26 Å².